The largest absolute Gasteiger partial charge is 0.495 e. The molecule has 1 aliphatic rings. The van der Waals surface area contributed by atoms with Gasteiger partial charge in [-0.05, 0) is 45.0 Å². The fourth-order valence-corrected chi connectivity index (χ4v) is 3.21. The molecule has 1 saturated carbocycles. The van der Waals surface area contributed by atoms with Gasteiger partial charge in [0.05, 0.1) is 25.4 Å². The molecule has 2 rings (SSSR count). The Labute approximate surface area is 169 Å². The van der Waals surface area contributed by atoms with Crippen molar-refractivity contribution in [1.29, 1.82) is 0 Å². The highest BCUT2D eigenvalue weighted by Crippen LogP contribution is 2.27. The van der Waals surface area contributed by atoms with Gasteiger partial charge in [0.2, 0.25) is 11.8 Å². The van der Waals surface area contributed by atoms with Gasteiger partial charge in [0.15, 0.2) is 0 Å². The maximum atomic E-state index is 12.3. The molecule has 8 nitrogen and oxygen atoms in total. The van der Waals surface area contributed by atoms with E-state index in [0.29, 0.717) is 16.5 Å². The first-order valence-corrected chi connectivity index (χ1v) is 9.63. The van der Waals surface area contributed by atoms with Crippen LogP contribution in [0.2, 0.25) is 5.02 Å². The maximum Gasteiger partial charge on any atom is 0.321 e. The first kappa shape index (κ1) is 22.0. The first-order valence-electron chi connectivity index (χ1n) is 9.25. The van der Waals surface area contributed by atoms with Crippen molar-refractivity contribution in [2.75, 3.05) is 26.0 Å². The Balaban J connectivity index is 1.84. The normalized spacial score (nSPS) is 15.2. The van der Waals surface area contributed by atoms with Crippen LogP contribution in [0.5, 0.6) is 5.75 Å². The van der Waals surface area contributed by atoms with E-state index < -0.39 is 18.0 Å². The van der Waals surface area contributed by atoms with Gasteiger partial charge in [-0.15, -0.1) is 0 Å². The summed E-state index contributed by atoms with van der Waals surface area (Å²) in [5.74, 6) is -0.320. The highest BCUT2D eigenvalue weighted by atomic mass is 35.5. The van der Waals surface area contributed by atoms with Crippen LogP contribution >= 0.6 is 11.6 Å². The van der Waals surface area contributed by atoms with Gasteiger partial charge in [0.1, 0.15) is 5.75 Å². The van der Waals surface area contributed by atoms with E-state index in [-0.39, 0.29) is 18.5 Å². The van der Waals surface area contributed by atoms with Gasteiger partial charge < -0.3 is 15.4 Å². The fourth-order valence-electron chi connectivity index (χ4n) is 3.04. The smallest absolute Gasteiger partial charge is 0.321 e. The number of carbonyl (C=O) groups excluding carboxylic acids is 3. The summed E-state index contributed by atoms with van der Waals surface area (Å²) in [6.45, 7) is 1.58. The van der Waals surface area contributed by atoms with Crippen LogP contribution in [0.25, 0.3) is 0 Å². The van der Waals surface area contributed by atoms with Gasteiger partial charge >= 0.3 is 6.03 Å². The standard InChI is InChI=1S/C19H27ClN4O4/c1-12(18(26)23-19(27)21-14-6-4-5-7-14)24(2)11-17(25)22-15-10-13(20)8-9-16(15)28-3/h8-10,12,14H,4-7,11H2,1-3H3,(H,22,25)(H2,21,23,26,27)/t12-/m1/s1. The highest BCUT2D eigenvalue weighted by molar-refractivity contribution is 6.31. The molecule has 0 aliphatic heterocycles. The SMILES string of the molecule is COc1ccc(Cl)cc1NC(=O)CN(C)[C@H](C)C(=O)NC(=O)NC1CCCC1. The molecule has 0 spiro atoms. The zero-order chi connectivity index (χ0) is 20.7. The topological polar surface area (TPSA) is 99.8 Å². The van der Waals surface area contributed by atoms with E-state index in [1.165, 1.54) is 7.11 Å². The lowest BCUT2D eigenvalue weighted by Gasteiger charge is -2.23. The van der Waals surface area contributed by atoms with Crippen molar-refractivity contribution in [3.8, 4) is 5.75 Å². The molecule has 0 bridgehead atoms. The van der Waals surface area contributed by atoms with Gasteiger partial charge in [-0.3, -0.25) is 19.8 Å². The summed E-state index contributed by atoms with van der Waals surface area (Å²) in [4.78, 5) is 38.1. The first-order chi connectivity index (χ1) is 13.3. The van der Waals surface area contributed by atoms with Gasteiger partial charge in [-0.1, -0.05) is 24.4 Å². The van der Waals surface area contributed by atoms with E-state index in [0.717, 1.165) is 25.7 Å². The number of likely N-dealkylation sites (N-methyl/N-ethyl adjacent to an activating group) is 1. The van der Waals surface area contributed by atoms with E-state index in [9.17, 15) is 14.4 Å². The van der Waals surface area contributed by atoms with Crippen LogP contribution in [0.1, 0.15) is 32.6 Å². The number of carbonyl (C=O) groups is 3. The molecule has 9 heteroatoms. The monoisotopic (exact) mass is 410 g/mol. The lowest BCUT2D eigenvalue weighted by Crippen LogP contribution is -2.51. The predicted molar refractivity (Wildman–Crippen MR) is 108 cm³/mol. The lowest BCUT2D eigenvalue weighted by atomic mass is 10.2. The number of rotatable bonds is 7. The average molecular weight is 411 g/mol. The van der Waals surface area contributed by atoms with Crippen molar-refractivity contribution >= 4 is 35.1 Å². The summed E-state index contributed by atoms with van der Waals surface area (Å²) in [5.41, 5.74) is 0.446. The van der Waals surface area contributed by atoms with Crippen LogP contribution in [0, 0.1) is 0 Å². The number of methoxy groups -OCH3 is 1. The van der Waals surface area contributed by atoms with Crippen LogP contribution in [0.3, 0.4) is 0 Å². The molecule has 0 saturated heterocycles. The zero-order valence-corrected chi connectivity index (χ0v) is 17.1. The van der Waals surface area contributed by atoms with Gasteiger partial charge in [-0.2, -0.15) is 0 Å². The van der Waals surface area contributed by atoms with E-state index in [4.69, 9.17) is 16.3 Å². The predicted octanol–water partition coefficient (Wildman–Crippen LogP) is 2.38. The number of nitrogens with zero attached hydrogens (tertiary/aromatic N) is 1. The number of hydrogen-bond donors (Lipinski definition) is 3. The lowest BCUT2D eigenvalue weighted by molar-refractivity contribution is -0.125. The van der Waals surface area contributed by atoms with Crippen LogP contribution in [0.15, 0.2) is 18.2 Å². The van der Waals surface area contributed by atoms with Crippen LogP contribution in [0.4, 0.5) is 10.5 Å². The summed E-state index contributed by atoms with van der Waals surface area (Å²) in [7, 11) is 3.13. The quantitative estimate of drug-likeness (QED) is 0.640. The third kappa shape index (κ3) is 6.38. The number of hydrogen-bond acceptors (Lipinski definition) is 5. The van der Waals surface area contributed by atoms with Crippen LogP contribution < -0.4 is 20.7 Å². The molecule has 0 heterocycles. The van der Waals surface area contributed by atoms with Crippen molar-refractivity contribution in [3.63, 3.8) is 0 Å². The van der Waals surface area contributed by atoms with E-state index >= 15 is 0 Å². The summed E-state index contributed by atoms with van der Waals surface area (Å²) < 4.78 is 5.19. The number of halogens is 1. The number of nitrogens with one attached hydrogen (secondary N) is 3. The molecule has 1 aromatic rings. The Bertz CT molecular complexity index is 722. The molecule has 1 aromatic carbocycles. The summed E-state index contributed by atoms with van der Waals surface area (Å²) >= 11 is 5.96. The molecule has 0 unspecified atom stereocenters. The van der Waals surface area contributed by atoms with E-state index in [1.807, 2.05) is 0 Å². The Morgan fingerprint density at radius 3 is 2.61 bits per heavy atom. The minimum absolute atomic E-state index is 0.0471. The number of imide groups is 1. The second-order valence-corrected chi connectivity index (χ2v) is 7.36. The molecule has 28 heavy (non-hydrogen) atoms. The van der Waals surface area contributed by atoms with E-state index in [1.54, 1.807) is 37.1 Å². The Hall–Kier alpha value is -2.32. The Morgan fingerprint density at radius 2 is 1.96 bits per heavy atom. The van der Waals surface area contributed by atoms with Crippen molar-refractivity contribution in [1.82, 2.24) is 15.5 Å². The molecule has 1 aliphatic carbocycles. The van der Waals surface area contributed by atoms with Crippen molar-refractivity contribution in [3.05, 3.63) is 23.2 Å². The second kappa shape index (κ2) is 10.3. The van der Waals surface area contributed by atoms with Gasteiger partial charge in [-0.25, -0.2) is 4.79 Å². The maximum absolute atomic E-state index is 12.3. The fraction of sp³-hybridized carbons (Fsp3) is 0.526. The van der Waals surface area contributed by atoms with Crippen molar-refractivity contribution < 1.29 is 19.1 Å². The third-order valence-corrected chi connectivity index (χ3v) is 5.03. The third-order valence-electron chi connectivity index (χ3n) is 4.80. The van der Waals surface area contributed by atoms with Gasteiger partial charge in [0, 0.05) is 11.1 Å². The van der Waals surface area contributed by atoms with Crippen LogP contribution in [-0.4, -0.2) is 55.5 Å². The van der Waals surface area contributed by atoms with Gasteiger partial charge in [0.25, 0.3) is 0 Å². The molecule has 1 atom stereocenters. The van der Waals surface area contributed by atoms with Crippen LogP contribution in [-0.2, 0) is 9.59 Å². The molecular weight excluding hydrogens is 384 g/mol. The van der Waals surface area contributed by atoms with E-state index in [2.05, 4.69) is 16.0 Å². The highest BCUT2D eigenvalue weighted by Gasteiger charge is 2.24. The molecule has 0 aromatic heterocycles. The summed E-state index contributed by atoms with van der Waals surface area (Å²) in [5, 5.41) is 8.31. The molecule has 4 amide bonds. The number of urea groups is 1. The Morgan fingerprint density at radius 1 is 1.29 bits per heavy atom. The molecule has 0 radical (unpaired) electrons. The molecule has 1 fully saturated rings. The van der Waals surface area contributed by atoms with Crippen molar-refractivity contribution in [2.24, 2.45) is 0 Å². The number of amides is 4. The molecule has 154 valence electrons. The second-order valence-electron chi connectivity index (χ2n) is 6.93. The summed E-state index contributed by atoms with van der Waals surface area (Å²) in [6, 6.07) is 3.86. The number of benzene rings is 1. The minimum Gasteiger partial charge on any atom is -0.495 e. The number of anilines is 1. The summed E-state index contributed by atoms with van der Waals surface area (Å²) in [6.07, 6.45) is 4.05. The molecular formula is C19H27ClN4O4. The minimum atomic E-state index is -0.665. The average Bonchev–Trinajstić information content (AvgIpc) is 3.13. The zero-order valence-electron chi connectivity index (χ0n) is 16.4. The molecule has 3 N–H and O–H groups in total. The number of ether oxygens (including phenoxy) is 1. The van der Waals surface area contributed by atoms with Crippen molar-refractivity contribution in [2.45, 2.75) is 44.7 Å². The Kier molecular flexibility index (Phi) is 8.07.